The molecule has 0 bridgehead atoms. The standard InChI is InChI=1S/C13H13IO6S/c1-11-7-9-13(10-8-11)21(16,17)20-14(19-15)18-12-5-3-2-4-6-12/h2-10,15H,1H3. The van der Waals surface area contributed by atoms with Crippen molar-refractivity contribution >= 4 is 31.2 Å². The molecule has 0 aliphatic heterocycles. The van der Waals surface area contributed by atoms with E-state index in [0.717, 1.165) is 5.56 Å². The second kappa shape index (κ2) is 7.18. The van der Waals surface area contributed by atoms with Gasteiger partial charge in [-0.3, -0.25) is 0 Å². The second-order valence-corrected chi connectivity index (χ2v) is 8.48. The molecule has 1 N–H and O–H groups in total. The van der Waals surface area contributed by atoms with Gasteiger partial charge >= 0.3 is 131 Å². The molecule has 0 aromatic heterocycles. The fourth-order valence-corrected chi connectivity index (χ4v) is 5.11. The van der Waals surface area contributed by atoms with Crippen LogP contribution in [-0.4, -0.2) is 13.7 Å². The molecule has 21 heavy (non-hydrogen) atoms. The Kier molecular flexibility index (Phi) is 5.53. The molecule has 0 heterocycles. The predicted molar refractivity (Wildman–Crippen MR) is 84.3 cm³/mol. The number of rotatable bonds is 6. The van der Waals surface area contributed by atoms with Gasteiger partial charge in [0.15, 0.2) is 0 Å². The third-order valence-electron chi connectivity index (χ3n) is 2.40. The van der Waals surface area contributed by atoms with E-state index < -0.39 is 31.2 Å². The van der Waals surface area contributed by atoms with Crippen molar-refractivity contribution in [2.24, 2.45) is 0 Å². The van der Waals surface area contributed by atoms with Crippen LogP contribution in [0, 0.1) is 6.92 Å². The molecule has 2 aromatic carbocycles. The minimum atomic E-state index is -4.05. The van der Waals surface area contributed by atoms with E-state index in [1.165, 1.54) is 12.1 Å². The normalized spacial score (nSPS) is 12.0. The van der Waals surface area contributed by atoms with Crippen molar-refractivity contribution in [2.75, 3.05) is 0 Å². The first-order valence-corrected chi connectivity index (χ1v) is 9.84. The Labute approximate surface area is 131 Å². The maximum atomic E-state index is 12.0. The van der Waals surface area contributed by atoms with Crippen LogP contribution in [0.4, 0.5) is 0 Å². The summed E-state index contributed by atoms with van der Waals surface area (Å²) in [6, 6.07) is 14.5. The maximum absolute atomic E-state index is 12.0. The number of aryl methyl sites for hydroxylation is 1. The van der Waals surface area contributed by atoms with Crippen molar-refractivity contribution in [2.45, 2.75) is 11.8 Å². The molecule has 0 unspecified atom stereocenters. The van der Waals surface area contributed by atoms with E-state index in [1.807, 2.05) is 6.92 Å². The Morgan fingerprint density at radius 3 is 2.19 bits per heavy atom. The molecular formula is C13H13IO6S. The van der Waals surface area contributed by atoms with Gasteiger partial charge in [0.1, 0.15) is 0 Å². The van der Waals surface area contributed by atoms with E-state index in [0.29, 0.717) is 5.75 Å². The topological polar surface area (TPSA) is 82.1 Å². The van der Waals surface area contributed by atoms with Crippen LogP contribution >= 0.6 is 21.1 Å². The van der Waals surface area contributed by atoms with E-state index in [1.54, 1.807) is 42.5 Å². The molecule has 0 saturated carbocycles. The van der Waals surface area contributed by atoms with Crippen LogP contribution in [0.15, 0.2) is 59.5 Å². The van der Waals surface area contributed by atoms with Crippen LogP contribution in [0.2, 0.25) is 0 Å². The molecule has 2 aromatic rings. The molecule has 0 aliphatic rings. The van der Waals surface area contributed by atoms with Crippen molar-refractivity contribution in [3.05, 3.63) is 60.2 Å². The van der Waals surface area contributed by atoms with Gasteiger partial charge in [-0.25, -0.2) is 0 Å². The van der Waals surface area contributed by atoms with Gasteiger partial charge in [-0.15, -0.1) is 0 Å². The summed E-state index contributed by atoms with van der Waals surface area (Å²) in [7, 11) is -4.05. The third-order valence-corrected chi connectivity index (χ3v) is 7.00. The molecule has 6 nitrogen and oxygen atoms in total. The van der Waals surface area contributed by atoms with Crippen LogP contribution < -0.4 is 3.07 Å². The first-order valence-electron chi connectivity index (χ1n) is 5.79. The van der Waals surface area contributed by atoms with E-state index in [2.05, 4.69) is 3.22 Å². The van der Waals surface area contributed by atoms with Gasteiger partial charge in [0.2, 0.25) is 0 Å². The Balaban J connectivity index is 2.12. The van der Waals surface area contributed by atoms with E-state index in [9.17, 15) is 8.42 Å². The molecule has 0 fully saturated rings. The zero-order valence-electron chi connectivity index (χ0n) is 11.0. The van der Waals surface area contributed by atoms with E-state index in [4.69, 9.17) is 10.8 Å². The van der Waals surface area contributed by atoms with Crippen LogP contribution in [-0.2, 0) is 15.8 Å². The van der Waals surface area contributed by atoms with Gasteiger partial charge in [-0.1, -0.05) is 0 Å². The zero-order chi connectivity index (χ0) is 15.3. The van der Waals surface area contributed by atoms with Crippen LogP contribution in [0.3, 0.4) is 0 Å². The predicted octanol–water partition coefficient (Wildman–Crippen LogP) is 3.52. The number of hydrogen-bond donors (Lipinski definition) is 1. The SMILES string of the molecule is Cc1ccc(S(=O)(=O)OI(OO)Oc2ccccc2)cc1. The first-order chi connectivity index (χ1) is 10.0. The number of hydrogen-bond acceptors (Lipinski definition) is 6. The van der Waals surface area contributed by atoms with Gasteiger partial charge < -0.3 is 0 Å². The molecule has 0 amide bonds. The quantitative estimate of drug-likeness (QED) is 0.434. The molecule has 0 atom stereocenters. The summed E-state index contributed by atoms with van der Waals surface area (Å²) in [4.78, 5) is -0.0240. The number of halogens is 1. The fraction of sp³-hybridized carbons (Fsp3) is 0.0769. The van der Waals surface area contributed by atoms with Gasteiger partial charge in [0.05, 0.1) is 0 Å². The summed E-state index contributed by atoms with van der Waals surface area (Å²) in [5, 5.41) is 8.80. The summed E-state index contributed by atoms with van der Waals surface area (Å²) in [6.45, 7) is 1.84. The van der Waals surface area contributed by atoms with Gasteiger partial charge in [0.25, 0.3) is 0 Å². The summed E-state index contributed by atoms with van der Waals surface area (Å²) in [5.74, 6) is 0.357. The fourth-order valence-electron chi connectivity index (χ4n) is 1.39. The van der Waals surface area contributed by atoms with Crippen molar-refractivity contribution in [3.8, 4) is 5.75 Å². The van der Waals surface area contributed by atoms with Crippen molar-refractivity contribution < 1.29 is 22.5 Å². The first kappa shape index (κ1) is 16.2. The van der Waals surface area contributed by atoms with Gasteiger partial charge in [0, 0.05) is 0 Å². The number of para-hydroxylation sites is 1. The van der Waals surface area contributed by atoms with Crippen molar-refractivity contribution in [1.29, 1.82) is 0 Å². The van der Waals surface area contributed by atoms with E-state index in [-0.39, 0.29) is 4.90 Å². The summed E-state index contributed by atoms with van der Waals surface area (Å²) in [5.41, 5.74) is 0.920. The Morgan fingerprint density at radius 1 is 1.00 bits per heavy atom. The molecule has 8 heteroatoms. The average Bonchev–Trinajstić information content (AvgIpc) is 2.48. The molecule has 114 valence electrons. The minimum absolute atomic E-state index is 0.0240. The third kappa shape index (κ3) is 4.64. The van der Waals surface area contributed by atoms with Gasteiger partial charge in [-0.2, -0.15) is 0 Å². The summed E-state index contributed by atoms with van der Waals surface area (Å²) in [6.07, 6.45) is 0. The Bertz CT molecular complexity index is 672. The molecule has 2 rings (SSSR count). The van der Waals surface area contributed by atoms with Crippen molar-refractivity contribution in [1.82, 2.24) is 0 Å². The molecule has 0 saturated heterocycles. The van der Waals surface area contributed by atoms with Crippen molar-refractivity contribution in [3.63, 3.8) is 0 Å². The van der Waals surface area contributed by atoms with E-state index >= 15 is 0 Å². The van der Waals surface area contributed by atoms with Crippen LogP contribution in [0.5, 0.6) is 5.75 Å². The Morgan fingerprint density at radius 2 is 1.62 bits per heavy atom. The molecule has 0 spiro atoms. The summed E-state index contributed by atoms with van der Waals surface area (Å²) < 4.78 is 38.2. The van der Waals surface area contributed by atoms with Crippen LogP contribution in [0.1, 0.15) is 5.56 Å². The summed E-state index contributed by atoms with van der Waals surface area (Å²) >= 11 is -3.47. The molecule has 0 aliphatic carbocycles. The van der Waals surface area contributed by atoms with Crippen LogP contribution in [0.25, 0.3) is 0 Å². The molecule has 0 radical (unpaired) electrons. The van der Waals surface area contributed by atoms with Gasteiger partial charge in [-0.05, 0) is 0 Å². The molecular weight excluding hydrogens is 411 g/mol. The second-order valence-electron chi connectivity index (χ2n) is 3.98. The number of benzene rings is 2. The monoisotopic (exact) mass is 424 g/mol. The average molecular weight is 424 g/mol. The zero-order valence-corrected chi connectivity index (χ0v) is 13.9. The Hall–Kier alpha value is -1.20.